The molecule has 3 rings (SSSR count). The molecule has 3 aromatic rings. The van der Waals surface area contributed by atoms with Crippen LogP contribution in [0.5, 0.6) is 5.75 Å². The van der Waals surface area contributed by atoms with Crippen molar-refractivity contribution in [3.05, 3.63) is 72.1 Å². The van der Waals surface area contributed by atoms with Gasteiger partial charge in [-0.2, -0.15) is 0 Å². The molecule has 144 valence electrons. The van der Waals surface area contributed by atoms with Crippen LogP contribution in [0.3, 0.4) is 0 Å². The van der Waals surface area contributed by atoms with E-state index in [9.17, 15) is 18.0 Å². The zero-order valence-corrected chi connectivity index (χ0v) is 14.8. The second kappa shape index (κ2) is 8.08. The van der Waals surface area contributed by atoms with Gasteiger partial charge in [0.1, 0.15) is 5.75 Å². The van der Waals surface area contributed by atoms with E-state index in [-0.39, 0.29) is 17.9 Å². The Morgan fingerprint density at radius 3 is 2.54 bits per heavy atom. The number of halogens is 3. The number of ether oxygens (including phenoxy) is 1. The van der Waals surface area contributed by atoms with Gasteiger partial charge in [-0.15, -0.1) is 13.2 Å². The molecule has 0 fully saturated rings. The molecule has 0 aliphatic carbocycles. The van der Waals surface area contributed by atoms with Crippen molar-refractivity contribution in [3.63, 3.8) is 0 Å². The first-order valence-electron chi connectivity index (χ1n) is 8.30. The first-order valence-corrected chi connectivity index (χ1v) is 8.30. The molecule has 0 bridgehead atoms. The van der Waals surface area contributed by atoms with Crippen LogP contribution in [0.15, 0.2) is 60.8 Å². The second-order valence-electron chi connectivity index (χ2n) is 5.97. The molecule has 1 aromatic heterocycles. The number of carbonyl (C=O) groups is 1. The Bertz CT molecular complexity index is 1020. The van der Waals surface area contributed by atoms with Gasteiger partial charge in [-0.3, -0.25) is 9.78 Å². The second-order valence-corrected chi connectivity index (χ2v) is 5.97. The number of aromatic nitrogens is 2. The molecule has 0 aliphatic rings. The van der Waals surface area contributed by atoms with Crippen LogP contribution in [0.2, 0.25) is 0 Å². The summed E-state index contributed by atoms with van der Waals surface area (Å²) in [5.74, 6) is -0.726. The average Bonchev–Trinajstić information content (AvgIpc) is 2.66. The Hall–Kier alpha value is -3.42. The SMILES string of the molecule is CN(Cc1ccccc1OC(F)(F)F)C(=O)/C=C/c1cnc2ccccc2n1. The Balaban J connectivity index is 1.70. The number of likely N-dealkylation sites (N-methyl/N-ethyl adjacent to an activating group) is 1. The van der Waals surface area contributed by atoms with Crippen molar-refractivity contribution >= 4 is 23.0 Å². The van der Waals surface area contributed by atoms with Crippen molar-refractivity contribution in [2.24, 2.45) is 0 Å². The van der Waals surface area contributed by atoms with E-state index < -0.39 is 12.3 Å². The summed E-state index contributed by atoms with van der Waals surface area (Å²) in [6.45, 7) is -0.0428. The lowest BCUT2D eigenvalue weighted by molar-refractivity contribution is -0.275. The van der Waals surface area contributed by atoms with Crippen molar-refractivity contribution in [2.45, 2.75) is 12.9 Å². The van der Waals surface area contributed by atoms with Gasteiger partial charge in [0.05, 0.1) is 22.9 Å². The molecule has 0 saturated heterocycles. The van der Waals surface area contributed by atoms with Crippen molar-refractivity contribution in [2.75, 3.05) is 7.05 Å². The standard InChI is InChI=1S/C20H16F3N3O2/c1-26(13-14-6-2-5-9-18(14)28-20(21,22)23)19(27)11-10-15-12-24-16-7-3-4-8-17(16)25-15/h2-12H,13H2,1H3/b11-10+. The average molecular weight is 387 g/mol. The minimum absolute atomic E-state index is 0.0428. The Labute approximate surface area is 159 Å². The van der Waals surface area contributed by atoms with Crippen molar-refractivity contribution in [3.8, 4) is 5.75 Å². The lowest BCUT2D eigenvalue weighted by Crippen LogP contribution is -2.25. The topological polar surface area (TPSA) is 55.3 Å². The highest BCUT2D eigenvalue weighted by Crippen LogP contribution is 2.27. The summed E-state index contributed by atoms with van der Waals surface area (Å²) in [6.07, 6.45) is -0.450. The van der Waals surface area contributed by atoms with Gasteiger partial charge in [-0.25, -0.2) is 4.98 Å². The van der Waals surface area contributed by atoms with Gasteiger partial charge in [0.25, 0.3) is 0 Å². The highest BCUT2D eigenvalue weighted by molar-refractivity contribution is 5.91. The van der Waals surface area contributed by atoms with Crippen LogP contribution in [0.25, 0.3) is 17.1 Å². The number of rotatable bonds is 5. The van der Waals surface area contributed by atoms with E-state index in [0.717, 1.165) is 5.52 Å². The zero-order valence-electron chi connectivity index (χ0n) is 14.8. The van der Waals surface area contributed by atoms with Gasteiger partial charge >= 0.3 is 6.36 Å². The molecule has 0 N–H and O–H groups in total. The van der Waals surface area contributed by atoms with Gasteiger partial charge in [-0.1, -0.05) is 30.3 Å². The maximum Gasteiger partial charge on any atom is 0.573 e. The molecule has 8 heteroatoms. The monoisotopic (exact) mass is 387 g/mol. The largest absolute Gasteiger partial charge is 0.573 e. The summed E-state index contributed by atoms with van der Waals surface area (Å²) in [7, 11) is 1.49. The molecule has 1 amide bonds. The Kier molecular flexibility index (Phi) is 5.58. The van der Waals surface area contributed by atoms with Gasteiger partial charge in [0.2, 0.25) is 5.91 Å². The van der Waals surface area contributed by atoms with Crippen molar-refractivity contribution < 1.29 is 22.7 Å². The fraction of sp³-hybridized carbons (Fsp3) is 0.150. The number of para-hydroxylation sites is 3. The summed E-state index contributed by atoms with van der Waals surface area (Å²) in [6, 6.07) is 13.0. The highest BCUT2D eigenvalue weighted by atomic mass is 19.4. The predicted octanol–water partition coefficient (Wildman–Crippen LogP) is 4.20. The van der Waals surface area contributed by atoms with Gasteiger partial charge < -0.3 is 9.64 Å². The van der Waals surface area contributed by atoms with Crippen LogP contribution in [0.1, 0.15) is 11.3 Å². The van der Waals surface area contributed by atoms with Gasteiger partial charge in [0.15, 0.2) is 0 Å². The maximum atomic E-state index is 12.5. The van der Waals surface area contributed by atoms with Crippen molar-refractivity contribution in [1.82, 2.24) is 14.9 Å². The van der Waals surface area contributed by atoms with Gasteiger partial charge in [-0.05, 0) is 24.3 Å². The number of fused-ring (bicyclic) bond motifs is 1. The van der Waals surface area contributed by atoms with Crippen LogP contribution >= 0.6 is 0 Å². The number of hydrogen-bond acceptors (Lipinski definition) is 4. The molecule has 2 aromatic carbocycles. The summed E-state index contributed by atoms with van der Waals surface area (Å²) in [5.41, 5.74) is 2.18. The number of alkyl halides is 3. The van der Waals surface area contributed by atoms with Crippen molar-refractivity contribution in [1.29, 1.82) is 0 Å². The van der Waals surface area contributed by atoms with Crippen LogP contribution < -0.4 is 4.74 Å². The third kappa shape index (κ3) is 5.06. The number of amides is 1. The lowest BCUT2D eigenvalue weighted by atomic mass is 10.2. The molecular weight excluding hydrogens is 371 g/mol. The van der Waals surface area contributed by atoms with E-state index in [0.29, 0.717) is 11.2 Å². The van der Waals surface area contributed by atoms with E-state index in [1.165, 1.54) is 42.3 Å². The molecule has 0 radical (unpaired) electrons. The molecular formula is C20H16F3N3O2. The fourth-order valence-electron chi connectivity index (χ4n) is 2.53. The summed E-state index contributed by atoms with van der Waals surface area (Å²) in [5, 5.41) is 0. The number of hydrogen-bond donors (Lipinski definition) is 0. The molecule has 28 heavy (non-hydrogen) atoms. The summed E-state index contributed by atoms with van der Waals surface area (Å²) in [4.78, 5) is 22.2. The minimum atomic E-state index is -4.80. The first-order chi connectivity index (χ1) is 13.3. The van der Waals surface area contributed by atoms with Crippen LogP contribution in [-0.2, 0) is 11.3 Å². The normalized spacial score (nSPS) is 11.7. The smallest absolute Gasteiger partial charge is 0.405 e. The lowest BCUT2D eigenvalue weighted by Gasteiger charge is -2.18. The molecule has 0 unspecified atom stereocenters. The summed E-state index contributed by atoms with van der Waals surface area (Å²) < 4.78 is 41.5. The van der Waals surface area contributed by atoms with E-state index in [1.807, 2.05) is 24.3 Å². The Morgan fingerprint density at radius 2 is 1.79 bits per heavy atom. The molecule has 0 aliphatic heterocycles. The zero-order chi connectivity index (χ0) is 20.1. The molecule has 0 spiro atoms. The van der Waals surface area contributed by atoms with E-state index in [1.54, 1.807) is 12.3 Å². The maximum absolute atomic E-state index is 12.5. The van der Waals surface area contributed by atoms with E-state index in [2.05, 4.69) is 14.7 Å². The van der Waals surface area contributed by atoms with E-state index >= 15 is 0 Å². The number of carbonyl (C=O) groups excluding carboxylic acids is 1. The van der Waals surface area contributed by atoms with Crippen LogP contribution in [-0.4, -0.2) is 34.2 Å². The first kappa shape index (κ1) is 19.3. The molecule has 5 nitrogen and oxygen atoms in total. The van der Waals surface area contributed by atoms with Gasteiger partial charge in [0, 0.05) is 25.2 Å². The summed E-state index contributed by atoms with van der Waals surface area (Å²) >= 11 is 0. The predicted molar refractivity (Wildman–Crippen MR) is 98.2 cm³/mol. The molecule has 0 atom stereocenters. The fourth-order valence-corrected chi connectivity index (χ4v) is 2.53. The minimum Gasteiger partial charge on any atom is -0.405 e. The number of benzene rings is 2. The quantitative estimate of drug-likeness (QED) is 0.616. The van der Waals surface area contributed by atoms with Crippen LogP contribution in [0, 0.1) is 0 Å². The third-order valence-electron chi connectivity index (χ3n) is 3.85. The van der Waals surface area contributed by atoms with Crippen LogP contribution in [0.4, 0.5) is 13.2 Å². The molecule has 0 saturated carbocycles. The Morgan fingerprint density at radius 1 is 1.11 bits per heavy atom. The molecule has 1 heterocycles. The third-order valence-corrected chi connectivity index (χ3v) is 3.85. The number of nitrogens with zero attached hydrogens (tertiary/aromatic N) is 3. The highest BCUT2D eigenvalue weighted by Gasteiger charge is 2.32. The van der Waals surface area contributed by atoms with E-state index in [4.69, 9.17) is 0 Å².